The zero-order chi connectivity index (χ0) is 21.3. The molecule has 0 unspecified atom stereocenters. The third-order valence-electron chi connectivity index (χ3n) is 4.14. The Morgan fingerprint density at radius 2 is 1.90 bits per heavy atom. The molecule has 0 spiro atoms. The maximum absolute atomic E-state index is 12.9. The van der Waals surface area contributed by atoms with Crippen LogP contribution in [0.4, 0.5) is 18.9 Å². The predicted octanol–water partition coefficient (Wildman–Crippen LogP) is 5.18. The molecule has 1 heterocycles. The number of ether oxygens (including phenoxy) is 1. The van der Waals surface area contributed by atoms with Crippen LogP contribution in [0.15, 0.2) is 51.7 Å². The summed E-state index contributed by atoms with van der Waals surface area (Å²) in [6.07, 6.45) is -5.68. The molecular weight excluding hydrogens is 411 g/mol. The minimum atomic E-state index is -4.65. The number of hydrogen-bond acceptors (Lipinski definition) is 4. The molecular formula is C20H15ClF3NO4. The van der Waals surface area contributed by atoms with Crippen molar-refractivity contribution in [3.05, 3.63) is 69.0 Å². The lowest BCUT2D eigenvalue weighted by Crippen LogP contribution is -2.30. The maximum Gasteiger partial charge on any atom is 0.417 e. The van der Waals surface area contributed by atoms with E-state index < -0.39 is 34.4 Å². The first-order chi connectivity index (χ1) is 13.5. The lowest BCUT2D eigenvalue weighted by atomic mass is 10.1. The summed E-state index contributed by atoms with van der Waals surface area (Å²) in [5.41, 5.74) is -0.599. The van der Waals surface area contributed by atoms with Crippen LogP contribution in [0.1, 0.15) is 18.1 Å². The van der Waals surface area contributed by atoms with Gasteiger partial charge in [-0.25, -0.2) is 4.79 Å². The molecule has 0 saturated carbocycles. The number of carbonyl (C=O) groups is 1. The third kappa shape index (κ3) is 4.71. The van der Waals surface area contributed by atoms with Crippen LogP contribution in [0.25, 0.3) is 11.0 Å². The van der Waals surface area contributed by atoms with Crippen molar-refractivity contribution in [3.63, 3.8) is 0 Å². The highest BCUT2D eigenvalue weighted by Gasteiger charge is 2.33. The van der Waals surface area contributed by atoms with Gasteiger partial charge in [0.2, 0.25) is 0 Å². The highest BCUT2D eigenvalue weighted by molar-refractivity contribution is 6.31. The average Bonchev–Trinajstić information content (AvgIpc) is 2.61. The van der Waals surface area contributed by atoms with E-state index in [2.05, 4.69) is 5.32 Å². The van der Waals surface area contributed by atoms with Crippen molar-refractivity contribution in [2.45, 2.75) is 26.1 Å². The summed E-state index contributed by atoms with van der Waals surface area (Å²) in [6.45, 7) is 3.20. The maximum atomic E-state index is 12.9. The molecule has 3 rings (SSSR count). The quantitative estimate of drug-likeness (QED) is 0.585. The molecule has 0 fully saturated rings. The van der Waals surface area contributed by atoms with Gasteiger partial charge in [0.05, 0.1) is 10.6 Å². The van der Waals surface area contributed by atoms with Crippen molar-refractivity contribution >= 4 is 34.2 Å². The van der Waals surface area contributed by atoms with Crippen LogP contribution >= 0.6 is 11.6 Å². The Hall–Kier alpha value is -3.00. The molecule has 3 aromatic rings. The monoisotopic (exact) mass is 425 g/mol. The van der Waals surface area contributed by atoms with Crippen LogP contribution in [0, 0.1) is 6.92 Å². The number of amides is 1. The first kappa shape index (κ1) is 20.7. The first-order valence-electron chi connectivity index (χ1n) is 8.43. The Morgan fingerprint density at radius 3 is 2.59 bits per heavy atom. The molecule has 0 aliphatic heterocycles. The van der Waals surface area contributed by atoms with Gasteiger partial charge in [0, 0.05) is 23.2 Å². The second kappa shape index (κ2) is 7.79. The molecule has 0 aliphatic rings. The number of rotatable bonds is 4. The van der Waals surface area contributed by atoms with E-state index in [0.29, 0.717) is 5.58 Å². The van der Waals surface area contributed by atoms with E-state index in [-0.39, 0.29) is 11.4 Å². The highest BCUT2D eigenvalue weighted by Crippen LogP contribution is 2.36. The molecule has 1 atom stereocenters. The predicted molar refractivity (Wildman–Crippen MR) is 102 cm³/mol. The van der Waals surface area contributed by atoms with Gasteiger partial charge in [0.15, 0.2) is 6.10 Å². The lowest BCUT2D eigenvalue weighted by molar-refractivity contribution is -0.137. The Labute approximate surface area is 168 Å². The van der Waals surface area contributed by atoms with Crippen LogP contribution < -0.4 is 15.7 Å². The van der Waals surface area contributed by atoms with Gasteiger partial charge in [0.25, 0.3) is 5.91 Å². The van der Waals surface area contributed by atoms with Crippen LogP contribution in [-0.2, 0) is 11.0 Å². The van der Waals surface area contributed by atoms with Crippen molar-refractivity contribution in [2.75, 3.05) is 5.32 Å². The number of nitrogens with one attached hydrogen (secondary N) is 1. The summed E-state index contributed by atoms with van der Waals surface area (Å²) in [5, 5.41) is 2.61. The summed E-state index contributed by atoms with van der Waals surface area (Å²) < 4.78 is 49.5. The number of aryl methyl sites for hydroxylation is 1. The Morgan fingerprint density at radius 1 is 1.17 bits per heavy atom. The zero-order valence-corrected chi connectivity index (χ0v) is 16.0. The largest absolute Gasteiger partial charge is 0.481 e. The van der Waals surface area contributed by atoms with Crippen LogP contribution in [-0.4, -0.2) is 12.0 Å². The number of benzene rings is 2. The Balaban J connectivity index is 1.76. The standard InChI is InChI=1S/C20H15ClF3NO4/c1-10-7-18(26)29-17-9-13(4-5-14(10)17)28-11(2)19(27)25-12-3-6-16(21)15(8-12)20(22,23)24/h3-9,11H,1-2H3,(H,25,27)/t11-/m0/s1. The molecule has 0 radical (unpaired) electrons. The van der Waals surface area contributed by atoms with E-state index in [4.69, 9.17) is 20.8 Å². The molecule has 1 N–H and O–H groups in total. The smallest absolute Gasteiger partial charge is 0.417 e. The number of fused-ring (bicyclic) bond motifs is 1. The van der Waals surface area contributed by atoms with Crippen molar-refractivity contribution < 1.29 is 27.1 Å². The third-order valence-corrected chi connectivity index (χ3v) is 4.47. The fourth-order valence-electron chi connectivity index (χ4n) is 2.70. The molecule has 152 valence electrons. The molecule has 29 heavy (non-hydrogen) atoms. The highest BCUT2D eigenvalue weighted by atomic mass is 35.5. The van der Waals surface area contributed by atoms with Gasteiger partial charge >= 0.3 is 11.8 Å². The molecule has 0 aliphatic carbocycles. The number of alkyl halides is 3. The number of hydrogen-bond donors (Lipinski definition) is 1. The van der Waals surface area contributed by atoms with E-state index in [9.17, 15) is 22.8 Å². The van der Waals surface area contributed by atoms with E-state index in [1.165, 1.54) is 25.1 Å². The molecule has 2 aromatic carbocycles. The van der Waals surface area contributed by atoms with E-state index in [1.807, 2.05) is 0 Å². The molecule has 9 heteroatoms. The lowest BCUT2D eigenvalue weighted by Gasteiger charge is -2.16. The van der Waals surface area contributed by atoms with Crippen LogP contribution in [0.2, 0.25) is 5.02 Å². The Kier molecular flexibility index (Phi) is 5.57. The van der Waals surface area contributed by atoms with Gasteiger partial charge < -0.3 is 14.5 Å². The summed E-state index contributed by atoms with van der Waals surface area (Å²) in [7, 11) is 0. The fraction of sp³-hybridized carbons (Fsp3) is 0.200. The summed E-state index contributed by atoms with van der Waals surface area (Å²) in [5.74, 6) is -0.396. The van der Waals surface area contributed by atoms with Crippen LogP contribution in [0.5, 0.6) is 5.75 Å². The van der Waals surface area contributed by atoms with Crippen LogP contribution in [0.3, 0.4) is 0 Å². The van der Waals surface area contributed by atoms with Gasteiger partial charge in [-0.15, -0.1) is 0 Å². The molecule has 1 amide bonds. The average molecular weight is 426 g/mol. The van der Waals surface area contributed by atoms with Crippen molar-refractivity contribution in [1.29, 1.82) is 0 Å². The number of carbonyl (C=O) groups excluding carboxylic acids is 1. The molecule has 0 bridgehead atoms. The van der Waals surface area contributed by atoms with Gasteiger partial charge in [-0.3, -0.25) is 4.79 Å². The van der Waals surface area contributed by atoms with Crippen molar-refractivity contribution in [3.8, 4) is 5.75 Å². The van der Waals surface area contributed by atoms with Crippen molar-refractivity contribution in [1.82, 2.24) is 0 Å². The van der Waals surface area contributed by atoms with Gasteiger partial charge in [-0.2, -0.15) is 13.2 Å². The zero-order valence-electron chi connectivity index (χ0n) is 15.3. The minimum Gasteiger partial charge on any atom is -0.481 e. The SMILES string of the molecule is Cc1cc(=O)oc2cc(O[C@@H](C)C(=O)Nc3ccc(Cl)c(C(F)(F)F)c3)ccc12. The van der Waals surface area contributed by atoms with Gasteiger partial charge in [-0.05, 0) is 49.7 Å². The summed E-state index contributed by atoms with van der Waals surface area (Å²) >= 11 is 5.57. The number of anilines is 1. The van der Waals surface area contributed by atoms with E-state index in [1.54, 1.807) is 19.1 Å². The normalized spacial score (nSPS) is 12.6. The van der Waals surface area contributed by atoms with Crippen molar-refractivity contribution in [2.24, 2.45) is 0 Å². The Bertz CT molecular complexity index is 1140. The van der Waals surface area contributed by atoms with Gasteiger partial charge in [-0.1, -0.05) is 11.6 Å². The minimum absolute atomic E-state index is 0.0673. The summed E-state index contributed by atoms with van der Waals surface area (Å²) in [4.78, 5) is 23.8. The van der Waals surface area contributed by atoms with E-state index >= 15 is 0 Å². The topological polar surface area (TPSA) is 68.5 Å². The first-order valence-corrected chi connectivity index (χ1v) is 8.81. The molecule has 1 aromatic heterocycles. The van der Waals surface area contributed by atoms with E-state index in [0.717, 1.165) is 23.1 Å². The summed E-state index contributed by atoms with van der Waals surface area (Å²) in [6, 6.07) is 9.18. The molecule has 5 nitrogen and oxygen atoms in total. The number of halogens is 4. The second-order valence-corrected chi connectivity index (χ2v) is 6.76. The fourth-order valence-corrected chi connectivity index (χ4v) is 2.93. The van der Waals surface area contributed by atoms with Gasteiger partial charge in [0.1, 0.15) is 11.3 Å². The molecule has 0 saturated heterocycles. The second-order valence-electron chi connectivity index (χ2n) is 6.35.